The van der Waals surface area contributed by atoms with E-state index in [-0.39, 0.29) is 36.3 Å². The first-order chi connectivity index (χ1) is 11.1. The van der Waals surface area contributed by atoms with E-state index in [0.29, 0.717) is 25.6 Å². The molecule has 5 nitrogen and oxygen atoms in total. The maximum absolute atomic E-state index is 12.6. The second-order valence-corrected chi connectivity index (χ2v) is 6.97. The molecule has 1 saturated carbocycles. The Hall–Kier alpha value is -0.850. The van der Waals surface area contributed by atoms with Gasteiger partial charge in [0.2, 0.25) is 0 Å². The SMILES string of the molecule is CC(CN)(NC(=O)C1CN(Cc2ccccc2)CCO1)C1CC1.Cl.Cl. The largest absolute Gasteiger partial charge is 0.366 e. The molecule has 3 N–H and O–H groups in total. The molecule has 7 heteroatoms. The van der Waals surface area contributed by atoms with Crippen LogP contribution in [0.15, 0.2) is 30.3 Å². The fraction of sp³-hybridized carbons (Fsp3) is 0.611. The first-order valence-corrected chi connectivity index (χ1v) is 8.51. The minimum absolute atomic E-state index is 0. The molecule has 25 heavy (non-hydrogen) atoms. The molecule has 0 aromatic heterocycles. The van der Waals surface area contributed by atoms with Crippen LogP contribution in [0, 0.1) is 5.92 Å². The Labute approximate surface area is 162 Å². The van der Waals surface area contributed by atoms with Gasteiger partial charge in [-0.15, -0.1) is 24.8 Å². The first-order valence-electron chi connectivity index (χ1n) is 8.51. The van der Waals surface area contributed by atoms with Crippen LogP contribution in [0.3, 0.4) is 0 Å². The van der Waals surface area contributed by atoms with Gasteiger partial charge >= 0.3 is 0 Å². The van der Waals surface area contributed by atoms with Crippen molar-refractivity contribution in [2.75, 3.05) is 26.2 Å². The number of nitrogens with two attached hydrogens (primary N) is 1. The van der Waals surface area contributed by atoms with Crippen molar-refractivity contribution in [3.63, 3.8) is 0 Å². The summed E-state index contributed by atoms with van der Waals surface area (Å²) in [5, 5.41) is 3.14. The molecule has 2 atom stereocenters. The number of ether oxygens (including phenoxy) is 1. The van der Waals surface area contributed by atoms with Crippen LogP contribution in [0.2, 0.25) is 0 Å². The molecule has 1 aromatic carbocycles. The molecule has 1 aromatic rings. The van der Waals surface area contributed by atoms with E-state index in [9.17, 15) is 4.79 Å². The zero-order chi connectivity index (χ0) is 16.3. The predicted octanol–water partition coefficient (Wildman–Crippen LogP) is 1.97. The standard InChI is InChI=1S/C18H27N3O2.2ClH/c1-18(13-19,15-7-8-15)20-17(22)16-12-21(9-10-23-16)11-14-5-3-2-4-6-14;;/h2-6,15-16H,7-13,19H2,1H3,(H,20,22);2*1H. The van der Waals surface area contributed by atoms with Crippen molar-refractivity contribution in [3.05, 3.63) is 35.9 Å². The van der Waals surface area contributed by atoms with Gasteiger partial charge in [0.15, 0.2) is 0 Å². The number of hydrogen-bond donors (Lipinski definition) is 2. The highest BCUT2D eigenvalue weighted by molar-refractivity contribution is 5.85. The van der Waals surface area contributed by atoms with Gasteiger partial charge in [-0.3, -0.25) is 9.69 Å². The van der Waals surface area contributed by atoms with E-state index in [1.54, 1.807) is 0 Å². The summed E-state index contributed by atoms with van der Waals surface area (Å²) in [7, 11) is 0. The van der Waals surface area contributed by atoms with E-state index in [1.807, 2.05) is 25.1 Å². The Kier molecular flexibility index (Phi) is 8.64. The summed E-state index contributed by atoms with van der Waals surface area (Å²) in [6.07, 6.45) is 1.90. The van der Waals surface area contributed by atoms with Gasteiger partial charge < -0.3 is 15.8 Å². The number of morpholine rings is 1. The smallest absolute Gasteiger partial charge is 0.250 e. The van der Waals surface area contributed by atoms with Crippen molar-refractivity contribution >= 4 is 30.7 Å². The minimum Gasteiger partial charge on any atom is -0.366 e. The zero-order valence-corrected chi connectivity index (χ0v) is 16.3. The van der Waals surface area contributed by atoms with Crippen LogP contribution in [0.5, 0.6) is 0 Å². The van der Waals surface area contributed by atoms with Crippen LogP contribution in [0.25, 0.3) is 0 Å². The van der Waals surface area contributed by atoms with Crippen molar-refractivity contribution in [1.29, 1.82) is 0 Å². The topological polar surface area (TPSA) is 67.6 Å². The summed E-state index contributed by atoms with van der Waals surface area (Å²) in [5.41, 5.74) is 6.86. The molecule has 2 aliphatic rings. The van der Waals surface area contributed by atoms with E-state index < -0.39 is 6.10 Å². The Morgan fingerprint density at radius 2 is 2.00 bits per heavy atom. The molecule has 1 heterocycles. The van der Waals surface area contributed by atoms with Crippen molar-refractivity contribution in [2.45, 2.75) is 38.0 Å². The average Bonchev–Trinajstić information content (AvgIpc) is 3.41. The van der Waals surface area contributed by atoms with Crippen molar-refractivity contribution in [1.82, 2.24) is 10.2 Å². The number of carbonyl (C=O) groups is 1. The van der Waals surface area contributed by atoms with Gasteiger partial charge in [-0.2, -0.15) is 0 Å². The van der Waals surface area contributed by atoms with E-state index in [1.165, 1.54) is 5.56 Å². The number of benzene rings is 1. The number of nitrogens with one attached hydrogen (secondary N) is 1. The minimum atomic E-state index is -0.405. The summed E-state index contributed by atoms with van der Waals surface area (Å²) in [4.78, 5) is 14.9. The highest BCUT2D eigenvalue weighted by atomic mass is 35.5. The van der Waals surface area contributed by atoms with Crippen LogP contribution in [-0.4, -0.2) is 48.7 Å². The molecule has 0 radical (unpaired) electrons. The molecule has 1 aliphatic heterocycles. The second kappa shape index (κ2) is 9.74. The molecule has 0 spiro atoms. The van der Waals surface area contributed by atoms with Gasteiger partial charge in [-0.25, -0.2) is 0 Å². The fourth-order valence-corrected chi connectivity index (χ4v) is 3.25. The number of rotatable bonds is 6. The summed E-state index contributed by atoms with van der Waals surface area (Å²) < 4.78 is 5.70. The third kappa shape index (κ3) is 5.83. The summed E-state index contributed by atoms with van der Waals surface area (Å²) >= 11 is 0. The van der Waals surface area contributed by atoms with Crippen LogP contribution in [0.4, 0.5) is 0 Å². The predicted molar refractivity (Wildman–Crippen MR) is 104 cm³/mol. The molecule has 1 amide bonds. The number of amides is 1. The van der Waals surface area contributed by atoms with Crippen LogP contribution < -0.4 is 11.1 Å². The van der Waals surface area contributed by atoms with Gasteiger partial charge in [0, 0.05) is 26.2 Å². The number of halogens is 2. The van der Waals surface area contributed by atoms with Crippen molar-refractivity contribution in [3.8, 4) is 0 Å². The lowest BCUT2D eigenvalue weighted by Crippen LogP contribution is -2.58. The molecule has 2 unspecified atom stereocenters. The Balaban J connectivity index is 0.00000156. The van der Waals surface area contributed by atoms with Gasteiger partial charge in [0.1, 0.15) is 6.10 Å². The molecule has 142 valence electrons. The Morgan fingerprint density at radius 1 is 1.32 bits per heavy atom. The Bertz CT molecular complexity index is 542. The number of hydrogen-bond acceptors (Lipinski definition) is 4. The van der Waals surface area contributed by atoms with E-state index in [2.05, 4.69) is 22.3 Å². The maximum atomic E-state index is 12.6. The molecule has 1 aliphatic carbocycles. The van der Waals surface area contributed by atoms with Crippen LogP contribution in [-0.2, 0) is 16.1 Å². The van der Waals surface area contributed by atoms with Crippen molar-refractivity contribution < 1.29 is 9.53 Å². The van der Waals surface area contributed by atoms with E-state index >= 15 is 0 Å². The Morgan fingerprint density at radius 3 is 2.60 bits per heavy atom. The lowest BCUT2D eigenvalue weighted by Gasteiger charge is -2.35. The quantitative estimate of drug-likeness (QED) is 0.780. The highest BCUT2D eigenvalue weighted by Crippen LogP contribution is 2.39. The highest BCUT2D eigenvalue weighted by Gasteiger charge is 2.43. The maximum Gasteiger partial charge on any atom is 0.250 e. The summed E-state index contributed by atoms with van der Waals surface area (Å²) in [6.45, 7) is 5.46. The lowest BCUT2D eigenvalue weighted by molar-refractivity contribution is -0.140. The van der Waals surface area contributed by atoms with E-state index in [0.717, 1.165) is 25.9 Å². The third-order valence-electron chi connectivity index (χ3n) is 5.00. The third-order valence-corrected chi connectivity index (χ3v) is 5.00. The molecule has 0 bridgehead atoms. The monoisotopic (exact) mass is 389 g/mol. The summed E-state index contributed by atoms with van der Waals surface area (Å²) in [6, 6.07) is 10.3. The van der Waals surface area contributed by atoms with Gasteiger partial charge in [0.25, 0.3) is 5.91 Å². The molecule has 2 fully saturated rings. The molecule has 1 saturated heterocycles. The number of nitrogens with zero attached hydrogens (tertiary/aromatic N) is 1. The van der Waals surface area contributed by atoms with E-state index in [4.69, 9.17) is 10.5 Å². The van der Waals surface area contributed by atoms with Gasteiger partial charge in [-0.1, -0.05) is 30.3 Å². The van der Waals surface area contributed by atoms with Gasteiger partial charge in [-0.05, 0) is 31.2 Å². The van der Waals surface area contributed by atoms with Crippen molar-refractivity contribution in [2.24, 2.45) is 11.7 Å². The normalized spacial score (nSPS) is 22.9. The lowest BCUT2D eigenvalue weighted by atomic mass is 9.95. The molecule has 3 rings (SSSR count). The zero-order valence-electron chi connectivity index (χ0n) is 14.6. The number of carbonyl (C=O) groups excluding carboxylic acids is 1. The molecular weight excluding hydrogens is 361 g/mol. The molecular formula is C18H29Cl2N3O2. The first kappa shape index (κ1) is 22.2. The fourth-order valence-electron chi connectivity index (χ4n) is 3.25. The second-order valence-electron chi connectivity index (χ2n) is 6.97. The summed E-state index contributed by atoms with van der Waals surface area (Å²) in [5.74, 6) is 0.489. The van der Waals surface area contributed by atoms with Crippen LogP contribution >= 0.6 is 24.8 Å². The van der Waals surface area contributed by atoms with Gasteiger partial charge in [0.05, 0.1) is 12.1 Å². The van der Waals surface area contributed by atoms with Crippen LogP contribution in [0.1, 0.15) is 25.3 Å². The average molecular weight is 390 g/mol.